The van der Waals surface area contributed by atoms with Gasteiger partial charge < -0.3 is 19.7 Å². The van der Waals surface area contributed by atoms with E-state index >= 15 is 0 Å². The van der Waals surface area contributed by atoms with Gasteiger partial charge in [0.15, 0.2) is 0 Å². The van der Waals surface area contributed by atoms with Crippen LogP contribution in [0.3, 0.4) is 0 Å². The monoisotopic (exact) mass is 304 g/mol. The Kier molecular flexibility index (Phi) is 3.22. The SMILES string of the molecule is O=C(N[C@@H]1C[C@H]2C[C@@H]1C[C@H]2C(=O)O)c1cc2n(c1)CCOC2. The number of nitrogens with one attached hydrogen (secondary N) is 1. The molecule has 0 radical (unpaired) electrons. The standard InChI is InChI=1S/C16H20N2O4/c19-15(11-4-12-8-22-2-1-18(12)7-11)17-14-6-9-3-10(14)5-13(9)16(20)21/h4,7,9-10,13-14H,1-3,5-6,8H2,(H,17,19)(H,20,21)/t9-,10-,13-,14-/m1/s1. The molecule has 1 aliphatic heterocycles. The molecular formula is C16H20N2O4. The van der Waals surface area contributed by atoms with E-state index in [1.54, 1.807) is 0 Å². The van der Waals surface area contributed by atoms with Gasteiger partial charge in [-0.05, 0) is 37.2 Å². The van der Waals surface area contributed by atoms with Crippen LogP contribution in [0.5, 0.6) is 0 Å². The van der Waals surface area contributed by atoms with Crippen molar-refractivity contribution < 1.29 is 19.4 Å². The number of ether oxygens (including phenoxy) is 1. The van der Waals surface area contributed by atoms with Gasteiger partial charge >= 0.3 is 5.97 Å². The summed E-state index contributed by atoms with van der Waals surface area (Å²) in [4.78, 5) is 23.6. The van der Waals surface area contributed by atoms with Crippen molar-refractivity contribution in [1.82, 2.24) is 9.88 Å². The van der Waals surface area contributed by atoms with Crippen molar-refractivity contribution in [2.24, 2.45) is 17.8 Å². The van der Waals surface area contributed by atoms with E-state index in [4.69, 9.17) is 4.74 Å². The van der Waals surface area contributed by atoms with Crippen LogP contribution >= 0.6 is 0 Å². The minimum absolute atomic E-state index is 0.0497. The topological polar surface area (TPSA) is 80.6 Å². The van der Waals surface area contributed by atoms with E-state index in [-0.39, 0.29) is 23.8 Å². The molecule has 118 valence electrons. The van der Waals surface area contributed by atoms with Crippen LogP contribution in [-0.2, 0) is 22.7 Å². The van der Waals surface area contributed by atoms with Gasteiger partial charge in [0.2, 0.25) is 0 Å². The van der Waals surface area contributed by atoms with Crippen LogP contribution < -0.4 is 5.32 Å². The molecule has 22 heavy (non-hydrogen) atoms. The zero-order chi connectivity index (χ0) is 15.3. The molecule has 0 spiro atoms. The first-order chi connectivity index (χ1) is 10.6. The molecule has 2 bridgehead atoms. The smallest absolute Gasteiger partial charge is 0.306 e. The third-order valence-corrected chi connectivity index (χ3v) is 5.47. The van der Waals surface area contributed by atoms with Gasteiger partial charge in [-0.3, -0.25) is 9.59 Å². The Morgan fingerprint density at radius 3 is 2.82 bits per heavy atom. The van der Waals surface area contributed by atoms with Gasteiger partial charge in [0.25, 0.3) is 5.91 Å². The van der Waals surface area contributed by atoms with Crippen LogP contribution in [0.15, 0.2) is 12.3 Å². The highest BCUT2D eigenvalue weighted by atomic mass is 16.5. The number of carbonyl (C=O) groups is 2. The fourth-order valence-electron chi connectivity index (χ4n) is 4.35. The molecule has 0 saturated heterocycles. The lowest BCUT2D eigenvalue weighted by Crippen LogP contribution is -2.40. The minimum atomic E-state index is -0.683. The molecule has 2 fully saturated rings. The highest BCUT2D eigenvalue weighted by Gasteiger charge is 2.49. The van der Waals surface area contributed by atoms with Crippen molar-refractivity contribution in [1.29, 1.82) is 0 Å². The van der Waals surface area contributed by atoms with Crippen LogP contribution in [0.25, 0.3) is 0 Å². The number of hydrogen-bond acceptors (Lipinski definition) is 3. The number of nitrogens with zero attached hydrogens (tertiary/aromatic N) is 1. The van der Waals surface area contributed by atoms with Gasteiger partial charge in [0.05, 0.1) is 24.7 Å². The first-order valence-corrected chi connectivity index (χ1v) is 7.92. The van der Waals surface area contributed by atoms with Gasteiger partial charge in [-0.1, -0.05) is 0 Å². The molecule has 4 atom stereocenters. The zero-order valence-corrected chi connectivity index (χ0v) is 12.3. The van der Waals surface area contributed by atoms with Crippen LogP contribution in [-0.4, -0.2) is 34.2 Å². The summed E-state index contributed by atoms with van der Waals surface area (Å²) in [7, 11) is 0. The summed E-state index contributed by atoms with van der Waals surface area (Å²) < 4.78 is 7.46. The Bertz CT molecular complexity index is 600. The van der Waals surface area contributed by atoms with E-state index in [0.29, 0.717) is 31.1 Å². The number of aliphatic carboxylic acids is 1. The van der Waals surface area contributed by atoms with Crippen molar-refractivity contribution in [2.45, 2.75) is 38.5 Å². The Hall–Kier alpha value is -1.82. The molecule has 6 nitrogen and oxygen atoms in total. The average molecular weight is 304 g/mol. The fraction of sp³-hybridized carbons (Fsp3) is 0.625. The first-order valence-electron chi connectivity index (χ1n) is 7.92. The van der Waals surface area contributed by atoms with E-state index < -0.39 is 5.97 Å². The second kappa shape index (κ2) is 5.12. The molecule has 1 amide bonds. The van der Waals surface area contributed by atoms with Crippen LogP contribution in [0.1, 0.15) is 35.3 Å². The number of rotatable bonds is 3. The van der Waals surface area contributed by atoms with Crippen LogP contribution in [0, 0.1) is 17.8 Å². The molecule has 2 heterocycles. The maximum atomic E-state index is 12.4. The largest absolute Gasteiger partial charge is 0.481 e. The van der Waals surface area contributed by atoms with Gasteiger partial charge in [-0.15, -0.1) is 0 Å². The quantitative estimate of drug-likeness (QED) is 0.880. The second-order valence-corrected chi connectivity index (χ2v) is 6.72. The van der Waals surface area contributed by atoms with E-state index in [2.05, 4.69) is 9.88 Å². The van der Waals surface area contributed by atoms with E-state index in [1.807, 2.05) is 12.3 Å². The first kappa shape index (κ1) is 13.8. The highest BCUT2D eigenvalue weighted by Crippen LogP contribution is 2.48. The summed E-state index contributed by atoms with van der Waals surface area (Å²) in [6, 6.07) is 2.02. The van der Waals surface area contributed by atoms with Crippen molar-refractivity contribution in [2.75, 3.05) is 6.61 Å². The summed E-state index contributed by atoms with van der Waals surface area (Å²) in [5.41, 5.74) is 1.72. The Labute approximate surface area is 128 Å². The third kappa shape index (κ3) is 2.22. The average Bonchev–Trinajstić information content (AvgIpc) is 3.19. The van der Waals surface area contributed by atoms with Gasteiger partial charge in [0.1, 0.15) is 0 Å². The van der Waals surface area contributed by atoms with Crippen molar-refractivity contribution in [3.8, 4) is 0 Å². The molecule has 4 rings (SSSR count). The van der Waals surface area contributed by atoms with Crippen molar-refractivity contribution in [3.63, 3.8) is 0 Å². The number of carboxylic acids is 1. The molecular weight excluding hydrogens is 284 g/mol. The van der Waals surface area contributed by atoms with E-state index in [9.17, 15) is 14.7 Å². The lowest BCUT2D eigenvalue weighted by atomic mass is 9.86. The molecule has 2 N–H and O–H groups in total. The predicted octanol–water partition coefficient (Wildman–Crippen LogP) is 1.25. The van der Waals surface area contributed by atoms with E-state index in [1.165, 1.54) is 0 Å². The maximum absolute atomic E-state index is 12.4. The Balaban J connectivity index is 1.41. The van der Waals surface area contributed by atoms with Crippen LogP contribution in [0.2, 0.25) is 0 Å². The van der Waals surface area contributed by atoms with E-state index in [0.717, 1.165) is 25.1 Å². The molecule has 0 unspecified atom stereocenters. The molecule has 1 aromatic heterocycles. The molecule has 2 saturated carbocycles. The zero-order valence-electron chi connectivity index (χ0n) is 12.3. The highest BCUT2D eigenvalue weighted by molar-refractivity contribution is 5.94. The van der Waals surface area contributed by atoms with Gasteiger partial charge in [-0.25, -0.2) is 0 Å². The lowest BCUT2D eigenvalue weighted by Gasteiger charge is -2.26. The van der Waals surface area contributed by atoms with Gasteiger partial charge in [0, 0.05) is 24.5 Å². The summed E-state index contributed by atoms with van der Waals surface area (Å²) in [5, 5.41) is 12.3. The molecule has 1 aromatic rings. The molecule has 2 aliphatic carbocycles. The Morgan fingerprint density at radius 2 is 2.14 bits per heavy atom. The second-order valence-electron chi connectivity index (χ2n) is 6.72. The van der Waals surface area contributed by atoms with Crippen molar-refractivity contribution >= 4 is 11.9 Å². The number of hydrogen-bond donors (Lipinski definition) is 2. The number of amides is 1. The molecule has 0 aromatic carbocycles. The third-order valence-electron chi connectivity index (χ3n) is 5.47. The maximum Gasteiger partial charge on any atom is 0.306 e. The molecule has 3 aliphatic rings. The lowest BCUT2D eigenvalue weighted by molar-refractivity contribution is -0.143. The number of aromatic nitrogens is 1. The minimum Gasteiger partial charge on any atom is -0.481 e. The Morgan fingerprint density at radius 1 is 1.27 bits per heavy atom. The summed E-state index contributed by atoms with van der Waals surface area (Å²) in [6.07, 6.45) is 4.32. The fourth-order valence-corrected chi connectivity index (χ4v) is 4.35. The van der Waals surface area contributed by atoms with Crippen LogP contribution in [0.4, 0.5) is 0 Å². The summed E-state index contributed by atoms with van der Waals surface area (Å²) in [6.45, 7) is 2.03. The number of fused-ring (bicyclic) bond motifs is 3. The molecule has 6 heteroatoms. The summed E-state index contributed by atoms with van der Waals surface area (Å²) >= 11 is 0. The normalized spacial score (nSPS) is 32.7. The van der Waals surface area contributed by atoms with Gasteiger partial charge in [-0.2, -0.15) is 0 Å². The summed E-state index contributed by atoms with van der Waals surface area (Å²) in [5.74, 6) is -0.403. The predicted molar refractivity (Wildman–Crippen MR) is 77.3 cm³/mol. The number of carbonyl (C=O) groups excluding carboxylic acids is 1. The number of carboxylic acid groups (broad SMARTS) is 1. The van der Waals surface area contributed by atoms with Crippen molar-refractivity contribution in [3.05, 3.63) is 23.5 Å².